The first-order valence-corrected chi connectivity index (χ1v) is 8.87. The van der Waals surface area contributed by atoms with E-state index in [1.807, 2.05) is 29.2 Å². The molecule has 2 amide bonds. The molecule has 1 aliphatic rings. The number of carbonyl (C=O) groups excluding carboxylic acids is 1. The highest BCUT2D eigenvalue weighted by molar-refractivity contribution is 5.89. The normalized spacial score (nSPS) is 13.6. The quantitative estimate of drug-likeness (QED) is 0.804. The van der Waals surface area contributed by atoms with Crippen molar-refractivity contribution in [2.75, 3.05) is 12.4 Å². The molecule has 0 radical (unpaired) electrons. The lowest BCUT2D eigenvalue weighted by molar-refractivity contribution is 0.206. The van der Waals surface area contributed by atoms with Crippen LogP contribution in [0, 0.1) is 0 Å². The SMILES string of the molecule is COc1ccc(NC(=O)N(Cc2ccc(C(C)C)cc2)C2CC2)cc1. The molecule has 25 heavy (non-hydrogen) atoms. The number of hydrogen-bond donors (Lipinski definition) is 1. The smallest absolute Gasteiger partial charge is 0.322 e. The van der Waals surface area contributed by atoms with Gasteiger partial charge in [0.15, 0.2) is 0 Å². The fourth-order valence-electron chi connectivity index (χ4n) is 2.83. The van der Waals surface area contributed by atoms with E-state index in [9.17, 15) is 4.79 Å². The number of urea groups is 1. The predicted octanol–water partition coefficient (Wildman–Crippen LogP) is 5.02. The molecule has 2 aromatic rings. The summed E-state index contributed by atoms with van der Waals surface area (Å²) in [6.07, 6.45) is 2.17. The summed E-state index contributed by atoms with van der Waals surface area (Å²) in [5.74, 6) is 1.30. The van der Waals surface area contributed by atoms with Crippen LogP contribution in [-0.2, 0) is 6.54 Å². The third-order valence-corrected chi connectivity index (χ3v) is 4.59. The number of benzene rings is 2. The molecule has 0 aliphatic heterocycles. The van der Waals surface area contributed by atoms with E-state index in [-0.39, 0.29) is 6.03 Å². The first-order valence-electron chi connectivity index (χ1n) is 8.87. The molecular formula is C21H26N2O2. The summed E-state index contributed by atoms with van der Waals surface area (Å²) in [7, 11) is 1.63. The van der Waals surface area contributed by atoms with Gasteiger partial charge in [-0.25, -0.2) is 4.79 Å². The molecule has 4 nitrogen and oxygen atoms in total. The van der Waals surface area contributed by atoms with Crippen LogP contribution in [-0.4, -0.2) is 24.1 Å². The monoisotopic (exact) mass is 338 g/mol. The molecule has 0 unspecified atom stereocenters. The minimum atomic E-state index is -0.0411. The van der Waals surface area contributed by atoms with E-state index in [1.54, 1.807) is 7.11 Å². The van der Waals surface area contributed by atoms with Crippen molar-refractivity contribution in [1.82, 2.24) is 4.90 Å². The van der Waals surface area contributed by atoms with E-state index in [0.29, 0.717) is 18.5 Å². The molecule has 0 saturated heterocycles. The molecule has 3 rings (SSSR count). The van der Waals surface area contributed by atoms with Crippen molar-refractivity contribution in [3.8, 4) is 5.75 Å². The summed E-state index contributed by atoms with van der Waals surface area (Å²) in [4.78, 5) is 14.7. The Kier molecular flexibility index (Phi) is 5.27. The molecular weight excluding hydrogens is 312 g/mol. The third-order valence-electron chi connectivity index (χ3n) is 4.59. The minimum absolute atomic E-state index is 0.0411. The van der Waals surface area contributed by atoms with Crippen LogP contribution in [0.1, 0.15) is 43.7 Å². The highest BCUT2D eigenvalue weighted by Gasteiger charge is 2.32. The zero-order chi connectivity index (χ0) is 17.8. The lowest BCUT2D eigenvalue weighted by atomic mass is 10.0. The van der Waals surface area contributed by atoms with Crippen LogP contribution >= 0.6 is 0 Å². The molecule has 132 valence electrons. The van der Waals surface area contributed by atoms with Gasteiger partial charge in [0.25, 0.3) is 0 Å². The van der Waals surface area contributed by atoms with Crippen LogP contribution in [0.4, 0.5) is 10.5 Å². The molecule has 1 N–H and O–H groups in total. The van der Waals surface area contributed by atoms with Crippen molar-refractivity contribution in [2.45, 2.75) is 45.2 Å². The van der Waals surface area contributed by atoms with Crippen LogP contribution in [0.25, 0.3) is 0 Å². The van der Waals surface area contributed by atoms with Gasteiger partial charge in [0, 0.05) is 18.3 Å². The molecule has 1 saturated carbocycles. The summed E-state index contributed by atoms with van der Waals surface area (Å²) in [5, 5.41) is 3.00. The third kappa shape index (κ3) is 4.53. The summed E-state index contributed by atoms with van der Waals surface area (Å²) >= 11 is 0. The Morgan fingerprint density at radius 1 is 1.12 bits per heavy atom. The van der Waals surface area contributed by atoms with E-state index in [0.717, 1.165) is 24.3 Å². The summed E-state index contributed by atoms with van der Waals surface area (Å²) in [6, 6.07) is 16.3. The second-order valence-corrected chi connectivity index (χ2v) is 6.91. The minimum Gasteiger partial charge on any atom is -0.497 e. The molecule has 0 aromatic heterocycles. The number of rotatable bonds is 6. The first-order chi connectivity index (χ1) is 12.1. The van der Waals surface area contributed by atoms with Gasteiger partial charge in [-0.2, -0.15) is 0 Å². The van der Waals surface area contributed by atoms with E-state index < -0.39 is 0 Å². The number of anilines is 1. The molecule has 0 bridgehead atoms. The number of methoxy groups -OCH3 is 1. The van der Waals surface area contributed by atoms with Crippen molar-refractivity contribution >= 4 is 11.7 Å². The topological polar surface area (TPSA) is 41.6 Å². The van der Waals surface area contributed by atoms with Gasteiger partial charge in [-0.3, -0.25) is 0 Å². The second-order valence-electron chi connectivity index (χ2n) is 6.91. The molecule has 4 heteroatoms. The van der Waals surface area contributed by atoms with E-state index >= 15 is 0 Å². The summed E-state index contributed by atoms with van der Waals surface area (Å²) in [5.41, 5.74) is 3.28. The van der Waals surface area contributed by atoms with E-state index in [2.05, 4.69) is 43.4 Å². The number of ether oxygens (including phenoxy) is 1. The van der Waals surface area contributed by atoms with Crippen molar-refractivity contribution < 1.29 is 9.53 Å². The number of amides is 2. The Hall–Kier alpha value is -2.49. The van der Waals surface area contributed by atoms with Gasteiger partial charge in [-0.1, -0.05) is 38.1 Å². The highest BCUT2D eigenvalue weighted by atomic mass is 16.5. The molecule has 2 aromatic carbocycles. The van der Waals surface area contributed by atoms with Gasteiger partial charge in [0.1, 0.15) is 5.75 Å². The van der Waals surface area contributed by atoms with Gasteiger partial charge in [-0.05, 0) is 54.2 Å². The maximum absolute atomic E-state index is 12.7. The van der Waals surface area contributed by atoms with Crippen LogP contribution in [0.5, 0.6) is 5.75 Å². The van der Waals surface area contributed by atoms with Crippen molar-refractivity contribution in [1.29, 1.82) is 0 Å². The Morgan fingerprint density at radius 2 is 1.76 bits per heavy atom. The zero-order valence-electron chi connectivity index (χ0n) is 15.2. The van der Waals surface area contributed by atoms with Gasteiger partial charge in [0.05, 0.1) is 7.11 Å². The summed E-state index contributed by atoms with van der Waals surface area (Å²) in [6.45, 7) is 5.02. The predicted molar refractivity (Wildman–Crippen MR) is 101 cm³/mol. The average molecular weight is 338 g/mol. The Bertz CT molecular complexity index is 704. The van der Waals surface area contributed by atoms with Gasteiger partial charge in [-0.15, -0.1) is 0 Å². The maximum atomic E-state index is 12.7. The number of carbonyl (C=O) groups is 1. The van der Waals surface area contributed by atoms with Gasteiger partial charge >= 0.3 is 6.03 Å². The van der Waals surface area contributed by atoms with Gasteiger partial charge in [0.2, 0.25) is 0 Å². The Labute approximate surface area is 149 Å². The van der Waals surface area contributed by atoms with Crippen molar-refractivity contribution in [3.05, 3.63) is 59.7 Å². The Balaban J connectivity index is 1.66. The van der Waals surface area contributed by atoms with E-state index in [1.165, 1.54) is 11.1 Å². The second kappa shape index (κ2) is 7.60. The van der Waals surface area contributed by atoms with Crippen LogP contribution < -0.4 is 10.1 Å². The van der Waals surface area contributed by atoms with E-state index in [4.69, 9.17) is 4.74 Å². The van der Waals surface area contributed by atoms with Gasteiger partial charge < -0.3 is 15.0 Å². The average Bonchev–Trinajstić information content (AvgIpc) is 3.45. The zero-order valence-corrected chi connectivity index (χ0v) is 15.2. The Morgan fingerprint density at radius 3 is 2.28 bits per heavy atom. The van der Waals surface area contributed by atoms with Crippen molar-refractivity contribution in [3.63, 3.8) is 0 Å². The molecule has 1 fully saturated rings. The lowest BCUT2D eigenvalue weighted by Crippen LogP contribution is -2.36. The molecule has 0 heterocycles. The maximum Gasteiger partial charge on any atom is 0.322 e. The fourth-order valence-corrected chi connectivity index (χ4v) is 2.83. The largest absolute Gasteiger partial charge is 0.497 e. The number of hydrogen-bond acceptors (Lipinski definition) is 2. The van der Waals surface area contributed by atoms with Crippen LogP contribution in [0.2, 0.25) is 0 Å². The lowest BCUT2D eigenvalue weighted by Gasteiger charge is -2.23. The fraction of sp³-hybridized carbons (Fsp3) is 0.381. The standard InChI is InChI=1S/C21H26N2O2/c1-15(2)17-6-4-16(5-7-17)14-23(19-10-11-19)21(24)22-18-8-12-20(25-3)13-9-18/h4-9,12-13,15,19H,10-11,14H2,1-3H3,(H,22,24). The van der Waals surface area contributed by atoms with Crippen LogP contribution in [0.3, 0.4) is 0 Å². The van der Waals surface area contributed by atoms with Crippen molar-refractivity contribution in [2.24, 2.45) is 0 Å². The molecule has 0 spiro atoms. The number of nitrogens with zero attached hydrogens (tertiary/aromatic N) is 1. The summed E-state index contributed by atoms with van der Waals surface area (Å²) < 4.78 is 5.15. The first kappa shape index (κ1) is 17.3. The molecule has 0 atom stereocenters. The number of nitrogens with one attached hydrogen (secondary N) is 1. The highest BCUT2D eigenvalue weighted by Crippen LogP contribution is 2.29. The van der Waals surface area contributed by atoms with Crippen LogP contribution in [0.15, 0.2) is 48.5 Å². The molecule has 1 aliphatic carbocycles.